The number of hydrogen-bond acceptors (Lipinski definition) is 2. The highest BCUT2D eigenvalue weighted by molar-refractivity contribution is 7.19. The van der Waals surface area contributed by atoms with E-state index in [0.717, 1.165) is 6.54 Å². The van der Waals surface area contributed by atoms with Gasteiger partial charge in [0.2, 0.25) is 0 Å². The van der Waals surface area contributed by atoms with E-state index in [-0.39, 0.29) is 0 Å². The molecule has 0 amide bonds. The molecule has 74 valence electrons. The molecule has 15 heavy (non-hydrogen) atoms. The second kappa shape index (κ2) is 3.51. The third-order valence-corrected chi connectivity index (χ3v) is 3.47. The smallest absolute Gasteiger partial charge is 0.0949 e. The molecule has 0 saturated carbocycles. The first-order valence-electron chi connectivity index (χ1n) is 4.85. The standard InChI is InChI=1S/C12H10N2S/c1-2-4-12-10(3-1)7-11(15-12)8-14-6-5-13-9-14/h1-7,9H,8H2. The second-order valence-corrected chi connectivity index (χ2v) is 4.65. The fraction of sp³-hybridized carbons (Fsp3) is 0.0833. The third-order valence-electron chi connectivity index (χ3n) is 2.37. The van der Waals surface area contributed by atoms with Crippen LogP contribution >= 0.6 is 11.3 Å². The number of aromatic nitrogens is 2. The molecule has 0 spiro atoms. The van der Waals surface area contributed by atoms with Gasteiger partial charge in [-0.2, -0.15) is 0 Å². The van der Waals surface area contributed by atoms with Crippen LogP contribution in [0.2, 0.25) is 0 Å². The van der Waals surface area contributed by atoms with Crippen LogP contribution in [0.4, 0.5) is 0 Å². The zero-order valence-electron chi connectivity index (χ0n) is 8.13. The van der Waals surface area contributed by atoms with E-state index in [1.54, 1.807) is 0 Å². The molecule has 2 aromatic heterocycles. The van der Waals surface area contributed by atoms with E-state index < -0.39 is 0 Å². The fourth-order valence-electron chi connectivity index (χ4n) is 1.67. The maximum Gasteiger partial charge on any atom is 0.0949 e. The summed E-state index contributed by atoms with van der Waals surface area (Å²) in [6, 6.07) is 10.7. The summed E-state index contributed by atoms with van der Waals surface area (Å²) in [5.41, 5.74) is 0. The molecule has 3 rings (SSSR count). The minimum Gasteiger partial charge on any atom is -0.332 e. The predicted octanol–water partition coefficient (Wildman–Crippen LogP) is 3.15. The lowest BCUT2D eigenvalue weighted by atomic mass is 10.2. The van der Waals surface area contributed by atoms with E-state index in [1.165, 1.54) is 15.0 Å². The molecule has 0 aliphatic carbocycles. The molecule has 0 saturated heterocycles. The molecule has 1 aromatic carbocycles. The largest absolute Gasteiger partial charge is 0.332 e. The molecule has 0 aliphatic rings. The predicted molar refractivity (Wildman–Crippen MR) is 63.2 cm³/mol. The van der Waals surface area contributed by atoms with Gasteiger partial charge in [0.15, 0.2) is 0 Å². The van der Waals surface area contributed by atoms with E-state index in [0.29, 0.717) is 0 Å². The molecule has 3 aromatic rings. The van der Waals surface area contributed by atoms with E-state index >= 15 is 0 Å². The molecule has 0 aliphatic heterocycles. The van der Waals surface area contributed by atoms with Gasteiger partial charge in [-0.3, -0.25) is 0 Å². The molecule has 2 nitrogen and oxygen atoms in total. The average molecular weight is 214 g/mol. The van der Waals surface area contributed by atoms with Crippen LogP contribution in [-0.2, 0) is 6.54 Å². The van der Waals surface area contributed by atoms with Crippen molar-refractivity contribution in [1.29, 1.82) is 0 Å². The van der Waals surface area contributed by atoms with Crippen LogP contribution in [0.1, 0.15) is 4.88 Å². The van der Waals surface area contributed by atoms with Crippen molar-refractivity contribution in [2.75, 3.05) is 0 Å². The molecule has 0 fully saturated rings. The van der Waals surface area contributed by atoms with E-state index in [9.17, 15) is 0 Å². The van der Waals surface area contributed by atoms with Crippen molar-refractivity contribution in [3.8, 4) is 0 Å². The summed E-state index contributed by atoms with van der Waals surface area (Å²) in [6.07, 6.45) is 5.65. The zero-order valence-corrected chi connectivity index (χ0v) is 8.95. The number of benzene rings is 1. The van der Waals surface area contributed by atoms with Gasteiger partial charge in [0.25, 0.3) is 0 Å². The Labute approximate surface area is 91.8 Å². The summed E-state index contributed by atoms with van der Waals surface area (Å²) >= 11 is 1.85. The number of imidazole rings is 1. The molecule has 2 heterocycles. The van der Waals surface area contributed by atoms with E-state index in [2.05, 4.69) is 39.9 Å². The highest BCUT2D eigenvalue weighted by Gasteiger charge is 2.00. The Morgan fingerprint density at radius 3 is 3.00 bits per heavy atom. The van der Waals surface area contributed by atoms with Gasteiger partial charge in [0.1, 0.15) is 0 Å². The van der Waals surface area contributed by atoms with E-state index in [1.807, 2.05) is 30.1 Å². The summed E-state index contributed by atoms with van der Waals surface area (Å²) < 4.78 is 3.44. The first-order valence-corrected chi connectivity index (χ1v) is 5.67. The maximum atomic E-state index is 4.04. The summed E-state index contributed by atoms with van der Waals surface area (Å²) in [7, 11) is 0. The molecule has 0 N–H and O–H groups in total. The Kier molecular flexibility index (Phi) is 2.03. The van der Waals surface area contributed by atoms with Crippen molar-refractivity contribution in [3.05, 3.63) is 53.9 Å². The minimum atomic E-state index is 0.916. The van der Waals surface area contributed by atoms with Crippen molar-refractivity contribution in [2.45, 2.75) is 6.54 Å². The van der Waals surface area contributed by atoms with Crippen molar-refractivity contribution >= 4 is 21.4 Å². The lowest BCUT2D eigenvalue weighted by molar-refractivity contribution is 0.810. The van der Waals surface area contributed by atoms with Crippen LogP contribution in [0.5, 0.6) is 0 Å². The second-order valence-electron chi connectivity index (χ2n) is 3.49. The summed E-state index contributed by atoms with van der Waals surface area (Å²) in [5, 5.41) is 1.33. The Morgan fingerprint density at radius 2 is 2.20 bits per heavy atom. The van der Waals surface area contributed by atoms with Gasteiger partial charge in [0, 0.05) is 22.0 Å². The molecule has 0 unspecified atom stereocenters. The Bertz CT molecular complexity index is 533. The topological polar surface area (TPSA) is 17.8 Å². The van der Waals surface area contributed by atoms with Gasteiger partial charge in [-0.05, 0) is 17.5 Å². The average Bonchev–Trinajstić information content (AvgIpc) is 2.86. The lowest BCUT2D eigenvalue weighted by Gasteiger charge is -1.96. The summed E-state index contributed by atoms with van der Waals surface area (Å²) in [4.78, 5) is 5.41. The SMILES string of the molecule is c1ccc2sc(Cn3ccnc3)cc2c1. The summed E-state index contributed by atoms with van der Waals surface area (Å²) in [5.74, 6) is 0. The van der Waals surface area contributed by atoms with Crippen LogP contribution in [0.15, 0.2) is 49.1 Å². The Hall–Kier alpha value is -1.61. The van der Waals surface area contributed by atoms with Gasteiger partial charge in [-0.1, -0.05) is 18.2 Å². The van der Waals surface area contributed by atoms with Gasteiger partial charge in [-0.15, -0.1) is 11.3 Å². The fourth-order valence-corrected chi connectivity index (χ4v) is 2.75. The van der Waals surface area contributed by atoms with Gasteiger partial charge in [0.05, 0.1) is 12.9 Å². The number of hydrogen-bond donors (Lipinski definition) is 0. The van der Waals surface area contributed by atoms with Crippen LogP contribution in [0, 0.1) is 0 Å². The highest BCUT2D eigenvalue weighted by Crippen LogP contribution is 2.25. The number of thiophene rings is 1. The van der Waals surface area contributed by atoms with E-state index in [4.69, 9.17) is 0 Å². The lowest BCUT2D eigenvalue weighted by Crippen LogP contribution is -1.92. The van der Waals surface area contributed by atoms with Crippen LogP contribution in [0.25, 0.3) is 10.1 Å². The monoisotopic (exact) mass is 214 g/mol. The number of fused-ring (bicyclic) bond motifs is 1. The molecule has 0 atom stereocenters. The minimum absolute atomic E-state index is 0.916. The molecule has 0 radical (unpaired) electrons. The van der Waals surface area contributed by atoms with Crippen molar-refractivity contribution in [3.63, 3.8) is 0 Å². The normalized spacial score (nSPS) is 10.9. The van der Waals surface area contributed by atoms with Gasteiger partial charge >= 0.3 is 0 Å². The number of rotatable bonds is 2. The maximum absolute atomic E-state index is 4.04. The Morgan fingerprint density at radius 1 is 1.27 bits per heavy atom. The molecular weight excluding hydrogens is 204 g/mol. The zero-order chi connectivity index (χ0) is 10.1. The summed E-state index contributed by atoms with van der Waals surface area (Å²) in [6.45, 7) is 0.916. The van der Waals surface area contributed by atoms with Crippen molar-refractivity contribution in [1.82, 2.24) is 9.55 Å². The van der Waals surface area contributed by atoms with Gasteiger partial charge < -0.3 is 4.57 Å². The molecule has 0 bridgehead atoms. The van der Waals surface area contributed by atoms with Gasteiger partial charge in [-0.25, -0.2) is 4.98 Å². The van der Waals surface area contributed by atoms with Crippen LogP contribution in [-0.4, -0.2) is 9.55 Å². The molecule has 3 heteroatoms. The van der Waals surface area contributed by atoms with Crippen LogP contribution in [0.3, 0.4) is 0 Å². The van der Waals surface area contributed by atoms with Crippen LogP contribution < -0.4 is 0 Å². The molecular formula is C12H10N2S. The first-order chi connectivity index (χ1) is 7.42. The number of nitrogens with zero attached hydrogens (tertiary/aromatic N) is 2. The van der Waals surface area contributed by atoms with Crippen molar-refractivity contribution < 1.29 is 0 Å². The highest BCUT2D eigenvalue weighted by atomic mass is 32.1. The third kappa shape index (κ3) is 1.66. The Balaban J connectivity index is 1.98. The van der Waals surface area contributed by atoms with Crippen molar-refractivity contribution in [2.24, 2.45) is 0 Å². The first kappa shape index (κ1) is 8.68. The quantitative estimate of drug-likeness (QED) is 0.640.